The van der Waals surface area contributed by atoms with Gasteiger partial charge in [-0.25, -0.2) is 0 Å². The lowest BCUT2D eigenvalue weighted by Gasteiger charge is -2.06. The van der Waals surface area contributed by atoms with E-state index in [-0.39, 0.29) is 6.04 Å². The Labute approximate surface area is 151 Å². The highest BCUT2D eigenvalue weighted by atomic mass is 32.2. The third-order valence-corrected chi connectivity index (χ3v) is 3.76. The molecule has 1 aliphatic rings. The summed E-state index contributed by atoms with van der Waals surface area (Å²) in [5, 5.41) is 36.0. The molecule has 0 aromatic rings. The van der Waals surface area contributed by atoms with Crippen LogP contribution in [-0.2, 0) is 14.4 Å². The van der Waals surface area contributed by atoms with Gasteiger partial charge in [-0.05, 0) is 44.7 Å². The second kappa shape index (κ2) is 14.9. The lowest BCUT2D eigenvalue weighted by Crippen LogP contribution is -2.39. The Morgan fingerprint density at radius 1 is 1.20 bits per heavy atom. The van der Waals surface area contributed by atoms with Crippen LogP contribution in [-0.4, -0.2) is 81.1 Å². The highest BCUT2D eigenvalue weighted by Gasteiger charge is 2.20. The SMILES string of the molecule is CC(O)C(N)C(=O)O.CSCCC(N)C(=O)O.O=C(O)[C@@H]1CCCN1. The first-order chi connectivity index (χ1) is 11.5. The number of aliphatic hydroxyl groups excluding tert-OH is 1. The summed E-state index contributed by atoms with van der Waals surface area (Å²) in [5.41, 5.74) is 10.1. The number of hydrogen-bond donors (Lipinski definition) is 7. The molecule has 0 radical (unpaired) electrons. The first-order valence-corrected chi connectivity index (χ1v) is 9.03. The second-order valence-corrected chi connectivity index (χ2v) is 6.30. The van der Waals surface area contributed by atoms with Crippen molar-refractivity contribution in [2.45, 2.75) is 50.4 Å². The van der Waals surface area contributed by atoms with E-state index in [2.05, 4.69) is 5.32 Å². The molecule has 0 aromatic heterocycles. The van der Waals surface area contributed by atoms with Gasteiger partial charge in [0.25, 0.3) is 0 Å². The quantitative estimate of drug-likeness (QED) is 0.277. The lowest BCUT2D eigenvalue weighted by molar-refractivity contribution is -0.141. The smallest absolute Gasteiger partial charge is 0.323 e. The Morgan fingerprint density at radius 2 is 1.76 bits per heavy atom. The van der Waals surface area contributed by atoms with Crippen molar-refractivity contribution in [3.05, 3.63) is 0 Å². The van der Waals surface area contributed by atoms with Crippen LogP contribution in [0.5, 0.6) is 0 Å². The highest BCUT2D eigenvalue weighted by Crippen LogP contribution is 2.03. The first kappa shape index (κ1) is 25.8. The van der Waals surface area contributed by atoms with E-state index in [0.717, 1.165) is 25.1 Å². The number of rotatable bonds is 7. The number of nitrogens with two attached hydrogens (primary N) is 2. The molecule has 0 aliphatic carbocycles. The molecule has 1 fully saturated rings. The molecule has 0 aromatic carbocycles. The van der Waals surface area contributed by atoms with Gasteiger partial charge in [-0.15, -0.1) is 0 Å². The Balaban J connectivity index is 0. The molecule has 1 saturated heterocycles. The van der Waals surface area contributed by atoms with Crippen LogP contribution in [0.4, 0.5) is 0 Å². The molecule has 1 aliphatic heterocycles. The van der Waals surface area contributed by atoms with Gasteiger partial charge in [0.2, 0.25) is 0 Å². The minimum atomic E-state index is -1.18. The van der Waals surface area contributed by atoms with Crippen molar-refractivity contribution in [2.24, 2.45) is 11.5 Å². The van der Waals surface area contributed by atoms with Gasteiger partial charge in [-0.1, -0.05) is 0 Å². The van der Waals surface area contributed by atoms with Gasteiger partial charge < -0.3 is 37.2 Å². The van der Waals surface area contributed by atoms with E-state index in [9.17, 15) is 14.4 Å². The van der Waals surface area contributed by atoms with E-state index < -0.39 is 36.1 Å². The topological polar surface area (TPSA) is 196 Å². The first-order valence-electron chi connectivity index (χ1n) is 7.64. The van der Waals surface area contributed by atoms with Crippen LogP contribution in [0.2, 0.25) is 0 Å². The summed E-state index contributed by atoms with van der Waals surface area (Å²) in [6, 6.07) is -2.11. The molecule has 1 heterocycles. The maximum absolute atomic E-state index is 10.1. The fourth-order valence-electron chi connectivity index (χ4n) is 1.47. The molecule has 25 heavy (non-hydrogen) atoms. The maximum atomic E-state index is 10.1. The summed E-state index contributed by atoms with van der Waals surface area (Å²) in [5.74, 6) is -2.00. The van der Waals surface area contributed by atoms with Crippen LogP contribution >= 0.6 is 11.8 Å². The summed E-state index contributed by atoms with van der Waals surface area (Å²) in [4.78, 5) is 30.1. The predicted octanol–water partition coefficient (Wildman–Crippen LogP) is -1.25. The average molecular weight is 383 g/mol. The lowest BCUT2D eigenvalue weighted by atomic mass is 10.2. The minimum Gasteiger partial charge on any atom is -0.480 e. The summed E-state index contributed by atoms with van der Waals surface area (Å²) >= 11 is 1.60. The zero-order valence-electron chi connectivity index (χ0n) is 14.4. The number of aliphatic hydroxyl groups is 1. The Morgan fingerprint density at radius 3 is 1.96 bits per heavy atom. The zero-order valence-corrected chi connectivity index (χ0v) is 15.2. The van der Waals surface area contributed by atoms with Crippen molar-refractivity contribution < 1.29 is 34.8 Å². The summed E-state index contributed by atoms with van der Waals surface area (Å²) in [6.07, 6.45) is 3.28. The molecule has 4 atom stereocenters. The van der Waals surface area contributed by atoms with Crippen LogP contribution in [0.1, 0.15) is 26.2 Å². The minimum absolute atomic E-state index is 0.269. The van der Waals surface area contributed by atoms with E-state index in [1.807, 2.05) is 6.26 Å². The number of thioether (sulfide) groups is 1. The normalized spacial score (nSPS) is 19.3. The molecular weight excluding hydrogens is 354 g/mol. The summed E-state index contributed by atoms with van der Waals surface area (Å²) < 4.78 is 0. The molecule has 0 saturated carbocycles. The van der Waals surface area contributed by atoms with Crippen LogP contribution in [0, 0.1) is 0 Å². The largest absolute Gasteiger partial charge is 0.480 e. The molecule has 148 valence electrons. The van der Waals surface area contributed by atoms with Gasteiger partial charge in [0, 0.05) is 0 Å². The van der Waals surface area contributed by atoms with Crippen molar-refractivity contribution >= 4 is 29.7 Å². The van der Waals surface area contributed by atoms with Crippen molar-refractivity contribution in [3.63, 3.8) is 0 Å². The second-order valence-electron chi connectivity index (χ2n) is 5.32. The van der Waals surface area contributed by atoms with Crippen molar-refractivity contribution in [3.8, 4) is 0 Å². The van der Waals surface area contributed by atoms with Gasteiger partial charge in [0.1, 0.15) is 18.1 Å². The van der Waals surface area contributed by atoms with E-state index >= 15 is 0 Å². The highest BCUT2D eigenvalue weighted by molar-refractivity contribution is 7.98. The van der Waals surface area contributed by atoms with Crippen LogP contribution in [0.25, 0.3) is 0 Å². The maximum Gasteiger partial charge on any atom is 0.323 e. The monoisotopic (exact) mass is 383 g/mol. The Bertz CT molecular complexity index is 392. The van der Waals surface area contributed by atoms with Gasteiger partial charge in [-0.3, -0.25) is 14.4 Å². The zero-order chi connectivity index (χ0) is 20.0. The fraction of sp³-hybridized carbons (Fsp3) is 0.786. The number of nitrogens with one attached hydrogen (secondary N) is 1. The molecule has 9 N–H and O–H groups in total. The van der Waals surface area contributed by atoms with Crippen molar-refractivity contribution in [1.29, 1.82) is 0 Å². The number of carboxylic acids is 3. The molecule has 10 nitrogen and oxygen atoms in total. The van der Waals surface area contributed by atoms with Gasteiger partial charge in [0.05, 0.1) is 6.10 Å². The van der Waals surface area contributed by atoms with Gasteiger partial charge in [-0.2, -0.15) is 11.8 Å². The molecule has 0 amide bonds. The Kier molecular flexibility index (Phi) is 15.4. The number of carbonyl (C=O) groups is 3. The molecule has 1 rings (SSSR count). The van der Waals surface area contributed by atoms with Gasteiger partial charge >= 0.3 is 17.9 Å². The summed E-state index contributed by atoms with van der Waals surface area (Å²) in [7, 11) is 0. The third-order valence-electron chi connectivity index (χ3n) is 3.11. The van der Waals surface area contributed by atoms with Crippen LogP contribution in [0.15, 0.2) is 0 Å². The number of carboxylic acid groups (broad SMARTS) is 3. The molecule has 0 spiro atoms. The summed E-state index contributed by atoms with van der Waals surface area (Å²) in [6.45, 7) is 2.19. The van der Waals surface area contributed by atoms with E-state index in [1.165, 1.54) is 6.92 Å². The molecule has 0 bridgehead atoms. The standard InChI is InChI=1S/C5H11NO2S.C5H9NO2.C4H9NO3/c1-9-3-2-4(6)5(7)8;7-5(8)4-2-1-3-6-4;1-2(6)3(5)4(7)8/h4H,2-3,6H2,1H3,(H,7,8);4,6H,1-3H2,(H,7,8);2-3,6H,5H2,1H3,(H,7,8)/t;4-;/m.0./s1. The van der Waals surface area contributed by atoms with Gasteiger partial charge in [0.15, 0.2) is 0 Å². The Hall–Kier alpha value is -1.40. The fourth-order valence-corrected chi connectivity index (χ4v) is 1.96. The van der Waals surface area contributed by atoms with Crippen molar-refractivity contribution in [2.75, 3.05) is 18.6 Å². The number of hydrogen-bond acceptors (Lipinski definition) is 8. The predicted molar refractivity (Wildman–Crippen MR) is 94.6 cm³/mol. The van der Waals surface area contributed by atoms with Crippen LogP contribution < -0.4 is 16.8 Å². The molecule has 11 heteroatoms. The molecule has 3 unspecified atom stereocenters. The van der Waals surface area contributed by atoms with E-state index in [0.29, 0.717) is 6.42 Å². The molecular formula is C14H29N3O7S. The number of aliphatic carboxylic acids is 3. The van der Waals surface area contributed by atoms with Crippen LogP contribution in [0.3, 0.4) is 0 Å². The van der Waals surface area contributed by atoms with E-state index in [1.54, 1.807) is 11.8 Å². The third kappa shape index (κ3) is 14.6. The average Bonchev–Trinajstić information content (AvgIpc) is 3.07. The van der Waals surface area contributed by atoms with E-state index in [4.69, 9.17) is 31.9 Å². The van der Waals surface area contributed by atoms with Crippen molar-refractivity contribution in [1.82, 2.24) is 5.32 Å².